The van der Waals surface area contributed by atoms with E-state index in [1.807, 2.05) is 0 Å². The molecule has 0 saturated carbocycles. The molecule has 2 N–H and O–H groups in total. The number of hydrogen-bond donors (Lipinski definition) is 2. The molecule has 0 unspecified atom stereocenters. The van der Waals surface area contributed by atoms with Gasteiger partial charge < -0.3 is 15.5 Å². The van der Waals surface area contributed by atoms with Crippen molar-refractivity contribution < 1.29 is 4.79 Å². The first kappa shape index (κ1) is 15.7. The molecule has 1 amide bonds. The van der Waals surface area contributed by atoms with E-state index in [4.69, 9.17) is 0 Å². The lowest BCUT2D eigenvalue weighted by Gasteiger charge is -2.27. The summed E-state index contributed by atoms with van der Waals surface area (Å²) in [6.07, 6.45) is 4.29. The highest BCUT2D eigenvalue weighted by atomic mass is 16.1. The minimum atomic E-state index is 0.214. The van der Waals surface area contributed by atoms with Crippen LogP contribution in [0.25, 0.3) is 0 Å². The van der Waals surface area contributed by atoms with Crippen LogP contribution in [-0.2, 0) is 4.79 Å². The summed E-state index contributed by atoms with van der Waals surface area (Å²) in [5, 5.41) is 6.40. The largest absolute Gasteiger partial charge is 0.355 e. The van der Waals surface area contributed by atoms with Gasteiger partial charge in [0, 0.05) is 51.7 Å². The van der Waals surface area contributed by atoms with Gasteiger partial charge in [0.05, 0.1) is 0 Å². The Bertz CT molecular complexity index is 286. The molecule has 2 rings (SSSR count). The van der Waals surface area contributed by atoms with Gasteiger partial charge in [-0.2, -0.15) is 0 Å². The van der Waals surface area contributed by atoms with E-state index in [1.165, 1.54) is 25.9 Å². The van der Waals surface area contributed by atoms with Crippen molar-refractivity contribution >= 4 is 5.91 Å². The predicted octanol–water partition coefficient (Wildman–Crippen LogP) is 0.272. The van der Waals surface area contributed by atoms with Crippen molar-refractivity contribution in [1.82, 2.24) is 20.4 Å². The van der Waals surface area contributed by atoms with Crippen molar-refractivity contribution in [3.05, 3.63) is 0 Å². The third-order valence-corrected chi connectivity index (χ3v) is 4.51. The van der Waals surface area contributed by atoms with Gasteiger partial charge in [-0.3, -0.25) is 9.69 Å². The number of rotatable bonds is 7. The maximum atomic E-state index is 11.8. The van der Waals surface area contributed by atoms with E-state index in [2.05, 4.69) is 27.4 Å². The molecule has 0 bridgehead atoms. The van der Waals surface area contributed by atoms with Crippen molar-refractivity contribution in [1.29, 1.82) is 0 Å². The van der Waals surface area contributed by atoms with Crippen LogP contribution in [0, 0.1) is 0 Å². The topological polar surface area (TPSA) is 47.6 Å². The maximum absolute atomic E-state index is 11.8. The number of carbonyl (C=O) groups excluding carboxylic acids is 1. The zero-order chi connectivity index (χ0) is 14.2. The van der Waals surface area contributed by atoms with Crippen LogP contribution in [0.15, 0.2) is 0 Å². The first-order valence-electron chi connectivity index (χ1n) is 8.19. The highest BCUT2D eigenvalue weighted by Gasteiger charge is 2.18. The second-order valence-corrected chi connectivity index (χ2v) is 6.07. The van der Waals surface area contributed by atoms with Gasteiger partial charge in [0.15, 0.2) is 0 Å². The fraction of sp³-hybridized carbons (Fsp3) is 0.933. The third kappa shape index (κ3) is 5.38. The lowest BCUT2D eigenvalue weighted by molar-refractivity contribution is -0.121. The van der Waals surface area contributed by atoms with E-state index in [0.717, 1.165) is 45.7 Å². The van der Waals surface area contributed by atoms with E-state index >= 15 is 0 Å². The first-order valence-corrected chi connectivity index (χ1v) is 8.19. The quantitative estimate of drug-likeness (QED) is 0.704. The van der Waals surface area contributed by atoms with Gasteiger partial charge in [-0.25, -0.2) is 0 Å². The molecule has 0 spiro atoms. The lowest BCUT2D eigenvalue weighted by atomic mass is 10.1. The molecule has 2 heterocycles. The summed E-state index contributed by atoms with van der Waals surface area (Å²) in [5.74, 6) is 0.214. The zero-order valence-electron chi connectivity index (χ0n) is 12.9. The van der Waals surface area contributed by atoms with Crippen molar-refractivity contribution in [3.63, 3.8) is 0 Å². The minimum absolute atomic E-state index is 0.214. The standard InChI is InChI=1S/C15H30N4O/c1-14(19-9-2-3-10-19)4-5-15(20)17-8-13-18-11-6-16-7-12-18/h14,16H,2-13H2,1H3,(H,17,20)/t14-/m1/s1. The van der Waals surface area contributed by atoms with Gasteiger partial charge >= 0.3 is 0 Å². The van der Waals surface area contributed by atoms with E-state index in [9.17, 15) is 4.79 Å². The second-order valence-electron chi connectivity index (χ2n) is 6.07. The third-order valence-electron chi connectivity index (χ3n) is 4.51. The smallest absolute Gasteiger partial charge is 0.220 e. The summed E-state index contributed by atoms with van der Waals surface area (Å²) >= 11 is 0. The fourth-order valence-electron chi connectivity index (χ4n) is 3.08. The summed E-state index contributed by atoms with van der Waals surface area (Å²) in [6, 6.07) is 0.552. The van der Waals surface area contributed by atoms with Crippen LogP contribution in [0.4, 0.5) is 0 Å². The molecule has 0 aliphatic carbocycles. The monoisotopic (exact) mass is 282 g/mol. The van der Waals surface area contributed by atoms with Gasteiger partial charge in [0.2, 0.25) is 5.91 Å². The normalized spacial score (nSPS) is 22.9. The number of amides is 1. The second kappa shape index (κ2) is 8.60. The molecule has 2 aliphatic rings. The van der Waals surface area contributed by atoms with E-state index in [1.54, 1.807) is 0 Å². The van der Waals surface area contributed by atoms with Gasteiger partial charge in [0.1, 0.15) is 0 Å². The van der Waals surface area contributed by atoms with E-state index in [-0.39, 0.29) is 5.91 Å². The number of hydrogen-bond acceptors (Lipinski definition) is 4. The molecule has 2 saturated heterocycles. The van der Waals surface area contributed by atoms with E-state index < -0.39 is 0 Å². The fourth-order valence-corrected chi connectivity index (χ4v) is 3.08. The zero-order valence-corrected chi connectivity index (χ0v) is 12.9. The number of carbonyl (C=O) groups is 1. The molecule has 116 valence electrons. The molecule has 2 aliphatic heterocycles. The highest BCUT2D eigenvalue weighted by Crippen LogP contribution is 2.14. The molecule has 0 aromatic carbocycles. The Hall–Kier alpha value is -0.650. The Morgan fingerprint density at radius 1 is 1.20 bits per heavy atom. The van der Waals surface area contributed by atoms with Crippen molar-refractivity contribution in [3.8, 4) is 0 Å². The summed E-state index contributed by atoms with van der Waals surface area (Å²) in [4.78, 5) is 16.8. The average molecular weight is 282 g/mol. The average Bonchev–Trinajstić information content (AvgIpc) is 3.00. The van der Waals surface area contributed by atoms with Gasteiger partial charge in [-0.05, 0) is 39.3 Å². The molecule has 20 heavy (non-hydrogen) atoms. The van der Waals surface area contributed by atoms with Crippen LogP contribution in [0.5, 0.6) is 0 Å². The van der Waals surface area contributed by atoms with Crippen LogP contribution in [0.3, 0.4) is 0 Å². The Morgan fingerprint density at radius 2 is 1.90 bits per heavy atom. The van der Waals surface area contributed by atoms with Crippen molar-refractivity contribution in [2.24, 2.45) is 0 Å². The predicted molar refractivity (Wildman–Crippen MR) is 81.8 cm³/mol. The Balaban J connectivity index is 1.51. The van der Waals surface area contributed by atoms with Crippen LogP contribution in [-0.4, -0.2) is 74.1 Å². The number of likely N-dealkylation sites (tertiary alicyclic amines) is 1. The molecule has 0 aromatic heterocycles. The molecular formula is C15H30N4O. The van der Waals surface area contributed by atoms with E-state index in [0.29, 0.717) is 12.5 Å². The molecule has 0 aromatic rings. The Labute approximate surface area is 123 Å². The molecule has 2 fully saturated rings. The first-order chi connectivity index (χ1) is 9.75. The SMILES string of the molecule is C[C@H](CCC(=O)NCCN1CCNCC1)N1CCCC1. The summed E-state index contributed by atoms with van der Waals surface area (Å²) in [6.45, 7) is 10.8. The van der Waals surface area contributed by atoms with Crippen LogP contribution in [0.2, 0.25) is 0 Å². The molecule has 0 radical (unpaired) electrons. The molecular weight excluding hydrogens is 252 g/mol. The van der Waals surface area contributed by atoms with Crippen LogP contribution in [0.1, 0.15) is 32.6 Å². The summed E-state index contributed by atoms with van der Waals surface area (Å²) in [5.41, 5.74) is 0. The molecule has 5 heteroatoms. The van der Waals surface area contributed by atoms with Crippen LogP contribution >= 0.6 is 0 Å². The number of piperazine rings is 1. The Kier molecular flexibility index (Phi) is 6.76. The summed E-state index contributed by atoms with van der Waals surface area (Å²) < 4.78 is 0. The van der Waals surface area contributed by atoms with Crippen molar-refractivity contribution in [2.45, 2.75) is 38.6 Å². The Morgan fingerprint density at radius 3 is 2.60 bits per heavy atom. The lowest BCUT2D eigenvalue weighted by Crippen LogP contribution is -2.46. The molecule has 5 nitrogen and oxygen atoms in total. The molecule has 1 atom stereocenters. The highest BCUT2D eigenvalue weighted by molar-refractivity contribution is 5.75. The number of nitrogens with zero attached hydrogens (tertiary/aromatic N) is 2. The minimum Gasteiger partial charge on any atom is -0.355 e. The van der Waals surface area contributed by atoms with Gasteiger partial charge in [0.25, 0.3) is 0 Å². The maximum Gasteiger partial charge on any atom is 0.220 e. The van der Waals surface area contributed by atoms with Crippen LogP contribution < -0.4 is 10.6 Å². The van der Waals surface area contributed by atoms with Gasteiger partial charge in [-0.1, -0.05) is 0 Å². The van der Waals surface area contributed by atoms with Crippen molar-refractivity contribution in [2.75, 3.05) is 52.4 Å². The summed E-state index contributed by atoms with van der Waals surface area (Å²) in [7, 11) is 0. The van der Waals surface area contributed by atoms with Gasteiger partial charge in [-0.15, -0.1) is 0 Å². The number of nitrogens with one attached hydrogen (secondary N) is 2.